The molecule has 2 aromatic rings. The van der Waals surface area contributed by atoms with Gasteiger partial charge in [-0.25, -0.2) is 4.39 Å². The first-order valence-corrected chi connectivity index (χ1v) is 8.00. The standard InChI is InChI=1S/C19H21F4NO2/c1-17(2,15-10-14(20)4-5-16(15)26-3)12-18(25,19(21,22)23)11-13-6-8-24-9-7-13/h4-10,25H,11-12H2,1-3H3. The van der Waals surface area contributed by atoms with Gasteiger partial charge in [-0.15, -0.1) is 0 Å². The number of ether oxygens (including phenoxy) is 1. The minimum Gasteiger partial charge on any atom is -0.496 e. The summed E-state index contributed by atoms with van der Waals surface area (Å²) >= 11 is 0. The minimum absolute atomic E-state index is 0.261. The number of rotatable bonds is 6. The fourth-order valence-electron chi connectivity index (χ4n) is 3.14. The Morgan fingerprint density at radius 1 is 1.08 bits per heavy atom. The van der Waals surface area contributed by atoms with Crippen molar-refractivity contribution in [3.8, 4) is 5.75 Å². The molecule has 1 heterocycles. The number of aromatic nitrogens is 1. The second kappa shape index (κ2) is 7.23. The highest BCUT2D eigenvalue weighted by Gasteiger charge is 2.56. The van der Waals surface area contributed by atoms with Gasteiger partial charge in [-0.05, 0) is 47.7 Å². The zero-order valence-corrected chi connectivity index (χ0v) is 14.8. The molecule has 26 heavy (non-hydrogen) atoms. The van der Waals surface area contributed by atoms with E-state index in [0.29, 0.717) is 5.56 Å². The first kappa shape index (κ1) is 20.2. The second-order valence-corrected chi connectivity index (χ2v) is 6.97. The third kappa shape index (κ3) is 4.33. The molecule has 2 rings (SSSR count). The Morgan fingerprint density at radius 2 is 1.69 bits per heavy atom. The summed E-state index contributed by atoms with van der Waals surface area (Å²) in [5, 5.41) is 10.6. The third-order valence-electron chi connectivity index (χ3n) is 4.40. The van der Waals surface area contributed by atoms with Crippen molar-refractivity contribution in [2.75, 3.05) is 7.11 Å². The molecule has 1 aromatic heterocycles. The van der Waals surface area contributed by atoms with E-state index < -0.39 is 35.9 Å². The van der Waals surface area contributed by atoms with E-state index in [0.717, 1.165) is 6.07 Å². The number of aliphatic hydroxyl groups is 1. The normalized spacial score (nSPS) is 14.8. The maximum absolute atomic E-state index is 13.7. The smallest absolute Gasteiger partial charge is 0.417 e. The van der Waals surface area contributed by atoms with Crippen molar-refractivity contribution in [1.29, 1.82) is 0 Å². The van der Waals surface area contributed by atoms with Gasteiger partial charge in [0.15, 0.2) is 5.60 Å². The van der Waals surface area contributed by atoms with Crippen molar-refractivity contribution < 1.29 is 27.4 Å². The van der Waals surface area contributed by atoms with Crippen LogP contribution in [0.25, 0.3) is 0 Å². The van der Waals surface area contributed by atoms with E-state index in [1.54, 1.807) is 0 Å². The highest BCUT2D eigenvalue weighted by molar-refractivity contribution is 5.40. The van der Waals surface area contributed by atoms with Gasteiger partial charge in [0, 0.05) is 24.4 Å². The van der Waals surface area contributed by atoms with Crippen molar-refractivity contribution >= 4 is 0 Å². The Morgan fingerprint density at radius 3 is 2.23 bits per heavy atom. The molecule has 1 atom stereocenters. The van der Waals surface area contributed by atoms with Gasteiger partial charge in [-0.1, -0.05) is 13.8 Å². The molecule has 142 valence electrons. The highest BCUT2D eigenvalue weighted by atomic mass is 19.4. The molecule has 0 saturated heterocycles. The number of hydrogen-bond acceptors (Lipinski definition) is 3. The Labute approximate surface area is 149 Å². The van der Waals surface area contributed by atoms with E-state index >= 15 is 0 Å². The first-order chi connectivity index (χ1) is 12.0. The van der Waals surface area contributed by atoms with Crippen LogP contribution < -0.4 is 4.74 Å². The summed E-state index contributed by atoms with van der Waals surface area (Å²) in [6.45, 7) is 3.04. The lowest BCUT2D eigenvalue weighted by molar-refractivity contribution is -0.266. The maximum Gasteiger partial charge on any atom is 0.417 e. The van der Waals surface area contributed by atoms with Crippen LogP contribution in [0.4, 0.5) is 17.6 Å². The van der Waals surface area contributed by atoms with Crippen molar-refractivity contribution in [2.45, 2.75) is 43.9 Å². The summed E-state index contributed by atoms with van der Waals surface area (Å²) in [5.41, 5.74) is -3.63. The molecule has 0 fully saturated rings. The van der Waals surface area contributed by atoms with Crippen LogP contribution in [-0.4, -0.2) is 29.0 Å². The summed E-state index contributed by atoms with van der Waals surface area (Å²) in [6.07, 6.45) is -3.42. The maximum atomic E-state index is 13.7. The first-order valence-electron chi connectivity index (χ1n) is 8.00. The van der Waals surface area contributed by atoms with E-state index in [-0.39, 0.29) is 11.3 Å². The zero-order valence-electron chi connectivity index (χ0n) is 14.8. The molecule has 1 aromatic carbocycles. The molecular formula is C19H21F4NO2. The van der Waals surface area contributed by atoms with E-state index in [2.05, 4.69) is 4.98 Å². The lowest BCUT2D eigenvalue weighted by Crippen LogP contribution is -2.50. The van der Waals surface area contributed by atoms with Gasteiger partial charge in [0.25, 0.3) is 0 Å². The number of halogens is 4. The average Bonchev–Trinajstić information content (AvgIpc) is 2.54. The van der Waals surface area contributed by atoms with Gasteiger partial charge in [-0.2, -0.15) is 13.2 Å². The summed E-state index contributed by atoms with van der Waals surface area (Å²) in [6, 6.07) is 6.52. The van der Waals surface area contributed by atoms with Gasteiger partial charge >= 0.3 is 6.18 Å². The van der Waals surface area contributed by atoms with Crippen molar-refractivity contribution in [2.24, 2.45) is 0 Å². The quantitative estimate of drug-likeness (QED) is 0.764. The lowest BCUT2D eigenvalue weighted by Gasteiger charge is -2.38. The molecule has 0 spiro atoms. The molecule has 1 N–H and O–H groups in total. The topological polar surface area (TPSA) is 42.4 Å². The Balaban J connectivity index is 2.43. The molecular weight excluding hydrogens is 350 g/mol. The Bertz CT molecular complexity index is 747. The zero-order chi connectivity index (χ0) is 19.6. The highest BCUT2D eigenvalue weighted by Crippen LogP contribution is 2.45. The molecule has 7 heteroatoms. The predicted octanol–water partition coefficient (Wildman–Crippen LogP) is 4.43. The van der Waals surface area contributed by atoms with Crippen LogP contribution in [-0.2, 0) is 11.8 Å². The summed E-state index contributed by atoms with van der Waals surface area (Å²) in [4.78, 5) is 3.77. The predicted molar refractivity (Wildman–Crippen MR) is 89.5 cm³/mol. The van der Waals surface area contributed by atoms with E-state index in [1.807, 2.05) is 0 Å². The molecule has 0 aliphatic rings. The van der Waals surface area contributed by atoms with Gasteiger partial charge in [0.1, 0.15) is 11.6 Å². The molecule has 0 radical (unpaired) electrons. The van der Waals surface area contributed by atoms with E-state index in [4.69, 9.17) is 4.74 Å². The molecule has 3 nitrogen and oxygen atoms in total. The van der Waals surface area contributed by atoms with Gasteiger partial charge in [-0.3, -0.25) is 4.98 Å². The number of alkyl halides is 3. The summed E-state index contributed by atoms with van der Waals surface area (Å²) < 4.78 is 60.0. The van der Waals surface area contributed by atoms with Crippen LogP contribution in [0.5, 0.6) is 5.75 Å². The monoisotopic (exact) mass is 371 g/mol. The fraction of sp³-hybridized carbons (Fsp3) is 0.421. The molecule has 1 unspecified atom stereocenters. The lowest BCUT2D eigenvalue weighted by atomic mass is 9.72. The molecule has 0 bridgehead atoms. The van der Waals surface area contributed by atoms with E-state index in [1.165, 1.54) is 57.6 Å². The average molecular weight is 371 g/mol. The third-order valence-corrected chi connectivity index (χ3v) is 4.40. The van der Waals surface area contributed by atoms with Gasteiger partial charge in [0.2, 0.25) is 0 Å². The Kier molecular flexibility index (Phi) is 5.61. The van der Waals surface area contributed by atoms with Crippen molar-refractivity contribution in [3.05, 3.63) is 59.7 Å². The SMILES string of the molecule is COc1ccc(F)cc1C(C)(C)CC(O)(Cc1ccncc1)C(F)(F)F. The van der Waals surface area contributed by atoms with Crippen LogP contribution in [0.2, 0.25) is 0 Å². The molecule has 0 amide bonds. The van der Waals surface area contributed by atoms with Gasteiger partial charge < -0.3 is 9.84 Å². The van der Waals surface area contributed by atoms with E-state index in [9.17, 15) is 22.7 Å². The van der Waals surface area contributed by atoms with Crippen LogP contribution in [0, 0.1) is 5.82 Å². The number of benzene rings is 1. The van der Waals surface area contributed by atoms with Crippen molar-refractivity contribution in [1.82, 2.24) is 4.98 Å². The fourth-order valence-corrected chi connectivity index (χ4v) is 3.14. The van der Waals surface area contributed by atoms with Crippen LogP contribution in [0.3, 0.4) is 0 Å². The van der Waals surface area contributed by atoms with Crippen LogP contribution in [0.1, 0.15) is 31.4 Å². The number of hydrogen-bond donors (Lipinski definition) is 1. The molecule has 0 aliphatic carbocycles. The van der Waals surface area contributed by atoms with Crippen molar-refractivity contribution in [3.63, 3.8) is 0 Å². The number of pyridine rings is 1. The Hall–Kier alpha value is -2.15. The van der Waals surface area contributed by atoms with Crippen LogP contribution >= 0.6 is 0 Å². The number of methoxy groups -OCH3 is 1. The summed E-state index contributed by atoms with van der Waals surface area (Å²) in [7, 11) is 1.36. The minimum atomic E-state index is -4.87. The summed E-state index contributed by atoms with van der Waals surface area (Å²) in [5.74, 6) is -0.316. The second-order valence-electron chi connectivity index (χ2n) is 6.97. The molecule has 0 aliphatic heterocycles. The van der Waals surface area contributed by atoms with Crippen LogP contribution in [0.15, 0.2) is 42.7 Å². The number of nitrogens with zero attached hydrogens (tertiary/aromatic N) is 1. The molecule has 0 saturated carbocycles. The van der Waals surface area contributed by atoms with Gasteiger partial charge in [0.05, 0.1) is 7.11 Å². The largest absolute Gasteiger partial charge is 0.496 e.